The average molecular weight is 514 g/mol. The first-order chi connectivity index (χ1) is 18.6. The van der Waals surface area contributed by atoms with Crippen LogP contribution in [0, 0.1) is 0 Å². The van der Waals surface area contributed by atoms with E-state index in [9.17, 15) is 4.39 Å². The molecule has 0 atom stereocenters. The number of rotatable bonds is 6. The molecular formula is C30H36FN7. The second-order valence-electron chi connectivity index (χ2n) is 8.78. The molecule has 0 amide bonds. The van der Waals surface area contributed by atoms with Crippen LogP contribution in [0.4, 0.5) is 10.2 Å². The molecule has 4 aromatic rings. The molecule has 0 saturated carbocycles. The van der Waals surface area contributed by atoms with E-state index in [2.05, 4.69) is 39.5 Å². The summed E-state index contributed by atoms with van der Waals surface area (Å²) in [5, 5.41) is 3.39. The van der Waals surface area contributed by atoms with Crippen LogP contribution in [-0.2, 0) is 6.54 Å². The van der Waals surface area contributed by atoms with E-state index in [0.717, 1.165) is 38.4 Å². The summed E-state index contributed by atoms with van der Waals surface area (Å²) in [7, 11) is 0. The Hall–Kier alpha value is -3.88. The van der Waals surface area contributed by atoms with E-state index in [0.29, 0.717) is 39.6 Å². The fourth-order valence-corrected chi connectivity index (χ4v) is 4.58. The van der Waals surface area contributed by atoms with E-state index in [1.807, 2.05) is 36.6 Å². The van der Waals surface area contributed by atoms with Crippen LogP contribution in [0.2, 0.25) is 0 Å². The van der Waals surface area contributed by atoms with Gasteiger partial charge < -0.3 is 11.1 Å². The highest BCUT2D eigenvalue weighted by molar-refractivity contribution is 5.85. The van der Waals surface area contributed by atoms with Crippen molar-refractivity contribution in [1.29, 1.82) is 0 Å². The number of piperazine rings is 1. The minimum atomic E-state index is -0.315. The van der Waals surface area contributed by atoms with Crippen molar-refractivity contribution < 1.29 is 4.39 Å². The van der Waals surface area contributed by atoms with Gasteiger partial charge in [0.1, 0.15) is 17.2 Å². The Balaban J connectivity index is 0.00000164. The predicted molar refractivity (Wildman–Crippen MR) is 155 cm³/mol. The molecule has 3 N–H and O–H groups in total. The summed E-state index contributed by atoms with van der Waals surface area (Å²) in [6.45, 7) is 12.5. The van der Waals surface area contributed by atoms with Crippen molar-refractivity contribution in [1.82, 2.24) is 29.7 Å². The lowest BCUT2D eigenvalue weighted by atomic mass is 10.1. The topological polar surface area (TPSA) is 84.9 Å². The Morgan fingerprint density at radius 2 is 1.74 bits per heavy atom. The van der Waals surface area contributed by atoms with Crippen molar-refractivity contribution in [2.45, 2.75) is 34.2 Å². The highest BCUT2D eigenvalue weighted by Gasteiger charge is 2.20. The van der Waals surface area contributed by atoms with Crippen molar-refractivity contribution in [2.24, 2.45) is 0 Å². The zero-order valence-corrected chi connectivity index (χ0v) is 22.6. The number of aromatic nitrogens is 4. The van der Waals surface area contributed by atoms with Gasteiger partial charge in [-0.25, -0.2) is 19.3 Å². The van der Waals surface area contributed by atoms with Gasteiger partial charge in [0.05, 0.1) is 11.3 Å². The maximum absolute atomic E-state index is 14.6. The van der Waals surface area contributed by atoms with Crippen LogP contribution >= 0.6 is 0 Å². The second kappa shape index (κ2) is 12.6. The van der Waals surface area contributed by atoms with E-state index in [1.165, 1.54) is 11.6 Å². The third-order valence-electron chi connectivity index (χ3n) is 6.47. The summed E-state index contributed by atoms with van der Waals surface area (Å²) in [6.07, 6.45) is 4.83. The van der Waals surface area contributed by atoms with Gasteiger partial charge in [-0.15, -0.1) is 0 Å². The van der Waals surface area contributed by atoms with Gasteiger partial charge in [0.25, 0.3) is 0 Å². The molecule has 0 aliphatic carbocycles. The van der Waals surface area contributed by atoms with Crippen molar-refractivity contribution in [3.63, 3.8) is 0 Å². The van der Waals surface area contributed by atoms with Crippen LogP contribution in [0.25, 0.3) is 33.8 Å². The highest BCUT2D eigenvalue weighted by Crippen LogP contribution is 2.32. The number of fused-ring (bicyclic) bond motifs is 1. The van der Waals surface area contributed by atoms with Crippen LogP contribution in [0.15, 0.2) is 72.7 Å². The first kappa shape index (κ1) is 27.2. The molecule has 198 valence electrons. The zero-order valence-electron chi connectivity index (χ0n) is 22.6. The largest absolute Gasteiger partial charge is 0.383 e. The molecule has 7 nitrogen and oxygen atoms in total. The smallest absolute Gasteiger partial charge is 0.165 e. The van der Waals surface area contributed by atoms with Gasteiger partial charge in [-0.1, -0.05) is 38.1 Å². The summed E-state index contributed by atoms with van der Waals surface area (Å²) in [6, 6.07) is 15.8. The van der Waals surface area contributed by atoms with Gasteiger partial charge in [-0.2, -0.15) is 0 Å². The minimum Gasteiger partial charge on any atom is -0.383 e. The molecule has 1 fully saturated rings. The number of anilines is 1. The number of nitrogens with zero attached hydrogens (tertiary/aromatic N) is 5. The third kappa shape index (κ3) is 5.66. The lowest BCUT2D eigenvalue weighted by Gasteiger charge is -2.27. The van der Waals surface area contributed by atoms with E-state index >= 15 is 0 Å². The lowest BCUT2D eigenvalue weighted by Crippen LogP contribution is -2.42. The average Bonchev–Trinajstić information content (AvgIpc) is 3.34. The summed E-state index contributed by atoms with van der Waals surface area (Å²) in [5.74, 6) is 0.715. The second-order valence-corrected chi connectivity index (χ2v) is 8.78. The van der Waals surface area contributed by atoms with Crippen molar-refractivity contribution in [2.75, 3.05) is 31.9 Å². The highest BCUT2D eigenvalue weighted by atomic mass is 19.1. The molecule has 3 aromatic heterocycles. The van der Waals surface area contributed by atoms with Crippen LogP contribution < -0.4 is 11.1 Å². The molecule has 1 aliphatic rings. The Bertz CT molecular complexity index is 1430. The van der Waals surface area contributed by atoms with E-state index in [1.54, 1.807) is 32.2 Å². The molecule has 0 radical (unpaired) electrons. The predicted octanol–water partition coefficient (Wildman–Crippen LogP) is 5.77. The molecule has 1 aromatic carbocycles. The van der Waals surface area contributed by atoms with Crippen LogP contribution in [0.1, 0.15) is 39.0 Å². The van der Waals surface area contributed by atoms with E-state index < -0.39 is 0 Å². The quantitative estimate of drug-likeness (QED) is 0.318. The molecule has 0 bridgehead atoms. The number of nitrogens with two attached hydrogens (primary N) is 1. The number of benzene rings is 1. The lowest BCUT2D eigenvalue weighted by molar-refractivity contribution is 0.233. The Labute approximate surface area is 223 Å². The standard InChI is InChI=1S/C28H30FN7.C2H6/c1-3-21(23(29)4-2)24-11-12-25-28(33-24)36(27(34-25)22-6-5-13-32-26(22)30)20-9-7-19(8-10-20)18-35-16-14-31-15-17-35;1-2/h3-13,31H,14-18H2,1-2H3,(H2,30,32);1-2H3/b21-3+,23-4+;. The maximum Gasteiger partial charge on any atom is 0.165 e. The van der Waals surface area contributed by atoms with Gasteiger partial charge in [-0.3, -0.25) is 9.47 Å². The summed E-state index contributed by atoms with van der Waals surface area (Å²) < 4.78 is 16.5. The molecule has 1 saturated heterocycles. The van der Waals surface area contributed by atoms with Crippen LogP contribution in [0.5, 0.6) is 0 Å². The number of hydrogen-bond acceptors (Lipinski definition) is 6. The molecule has 0 unspecified atom stereocenters. The molecule has 0 spiro atoms. The summed E-state index contributed by atoms with van der Waals surface area (Å²) in [5.41, 5.74) is 11.4. The maximum atomic E-state index is 14.6. The van der Waals surface area contributed by atoms with Gasteiger partial charge in [-0.05, 0) is 55.8 Å². The summed E-state index contributed by atoms with van der Waals surface area (Å²) >= 11 is 0. The molecule has 38 heavy (non-hydrogen) atoms. The fourth-order valence-electron chi connectivity index (χ4n) is 4.58. The first-order valence-corrected chi connectivity index (χ1v) is 13.2. The number of hydrogen-bond donors (Lipinski definition) is 2. The Kier molecular flexibility index (Phi) is 8.99. The van der Waals surface area contributed by atoms with Crippen molar-refractivity contribution in [3.05, 3.63) is 84.0 Å². The molecule has 8 heteroatoms. The molecular weight excluding hydrogens is 477 g/mol. The number of imidazole rings is 1. The zero-order chi connectivity index (χ0) is 27.1. The summed E-state index contributed by atoms with van der Waals surface area (Å²) in [4.78, 5) is 16.4. The van der Waals surface area contributed by atoms with Gasteiger partial charge in [0.2, 0.25) is 0 Å². The molecule has 1 aliphatic heterocycles. The minimum absolute atomic E-state index is 0.315. The SMILES string of the molecule is C/C=C(\C(F)=C/C)c1ccc2nc(-c3cccnc3N)n(-c3ccc(CN4CCNCC4)cc3)c2n1.CC. The molecule has 5 rings (SSSR count). The number of pyridine rings is 2. The number of allylic oxidation sites excluding steroid dienone is 4. The number of halogens is 1. The van der Waals surface area contributed by atoms with Crippen LogP contribution in [0.3, 0.4) is 0 Å². The third-order valence-corrected chi connectivity index (χ3v) is 6.47. The van der Waals surface area contributed by atoms with E-state index in [4.69, 9.17) is 15.7 Å². The van der Waals surface area contributed by atoms with Crippen LogP contribution in [-0.4, -0.2) is 50.6 Å². The van der Waals surface area contributed by atoms with Gasteiger partial charge in [0.15, 0.2) is 11.5 Å². The normalized spacial score (nSPS) is 14.9. The van der Waals surface area contributed by atoms with Crippen molar-refractivity contribution in [3.8, 4) is 17.1 Å². The monoisotopic (exact) mass is 513 g/mol. The Morgan fingerprint density at radius 3 is 2.39 bits per heavy atom. The molecule has 4 heterocycles. The number of nitrogen functional groups attached to an aromatic ring is 1. The van der Waals surface area contributed by atoms with Crippen molar-refractivity contribution >= 4 is 22.6 Å². The van der Waals surface area contributed by atoms with Gasteiger partial charge >= 0.3 is 0 Å². The number of nitrogens with one attached hydrogen (secondary N) is 1. The first-order valence-electron chi connectivity index (χ1n) is 13.2. The Morgan fingerprint density at radius 1 is 1.00 bits per heavy atom. The fraction of sp³-hybridized carbons (Fsp3) is 0.300. The van der Waals surface area contributed by atoms with Gasteiger partial charge in [0, 0.05) is 50.2 Å². The van der Waals surface area contributed by atoms with E-state index in [-0.39, 0.29) is 5.83 Å².